The van der Waals surface area contributed by atoms with Gasteiger partial charge in [0.25, 0.3) is 0 Å². The Morgan fingerprint density at radius 1 is 1.12 bits per heavy atom. The van der Waals surface area contributed by atoms with E-state index in [1.54, 1.807) is 0 Å². The van der Waals surface area contributed by atoms with Crippen molar-refractivity contribution in [2.45, 2.75) is 0 Å². The molecule has 2 aromatic rings. The van der Waals surface area contributed by atoms with E-state index >= 15 is 0 Å². The van der Waals surface area contributed by atoms with Gasteiger partial charge in [-0.25, -0.2) is 13.8 Å². The lowest BCUT2D eigenvalue weighted by atomic mass is 10.3. The van der Waals surface area contributed by atoms with Gasteiger partial charge in [0.2, 0.25) is 0 Å². The standard InChI is InChI=1S/C11H8ClF2N3/c12-9-5-4-8(15)11(16-9)17-10-6(13)2-1-3-7(10)14/h1-5H,15H2,(H,16,17). The zero-order chi connectivity index (χ0) is 12.4. The van der Waals surface area contributed by atoms with Crippen LogP contribution < -0.4 is 11.1 Å². The Balaban J connectivity index is 2.41. The van der Waals surface area contributed by atoms with E-state index in [0.717, 1.165) is 12.1 Å². The fourth-order valence-electron chi connectivity index (χ4n) is 1.28. The van der Waals surface area contributed by atoms with Crippen LogP contribution in [0, 0.1) is 11.6 Å². The van der Waals surface area contributed by atoms with E-state index in [9.17, 15) is 8.78 Å². The van der Waals surface area contributed by atoms with Crippen LogP contribution in [0.4, 0.5) is 26.0 Å². The first-order valence-electron chi connectivity index (χ1n) is 4.71. The van der Waals surface area contributed by atoms with Crippen molar-refractivity contribution in [2.24, 2.45) is 0 Å². The molecule has 1 aromatic heterocycles. The minimum Gasteiger partial charge on any atom is -0.396 e. The predicted molar refractivity (Wildman–Crippen MR) is 63.3 cm³/mol. The van der Waals surface area contributed by atoms with Gasteiger partial charge in [-0.1, -0.05) is 17.7 Å². The number of nitrogens with one attached hydrogen (secondary N) is 1. The Bertz CT molecular complexity index is 540. The number of halogens is 3. The maximum atomic E-state index is 13.4. The summed E-state index contributed by atoms with van der Waals surface area (Å²) in [6, 6.07) is 6.51. The van der Waals surface area contributed by atoms with E-state index in [4.69, 9.17) is 17.3 Å². The summed E-state index contributed by atoms with van der Waals surface area (Å²) in [4.78, 5) is 3.85. The zero-order valence-electron chi connectivity index (χ0n) is 8.55. The Hall–Kier alpha value is -1.88. The molecule has 3 nitrogen and oxygen atoms in total. The van der Waals surface area contributed by atoms with Crippen molar-refractivity contribution in [3.8, 4) is 0 Å². The summed E-state index contributed by atoms with van der Waals surface area (Å²) in [6.07, 6.45) is 0. The first kappa shape index (κ1) is 11.6. The van der Waals surface area contributed by atoms with Gasteiger partial charge in [0.15, 0.2) is 5.82 Å². The second kappa shape index (κ2) is 4.55. The number of benzene rings is 1. The van der Waals surface area contributed by atoms with Gasteiger partial charge < -0.3 is 11.1 Å². The van der Waals surface area contributed by atoms with E-state index in [2.05, 4.69) is 10.3 Å². The molecule has 0 spiro atoms. The summed E-state index contributed by atoms with van der Waals surface area (Å²) in [5.74, 6) is -1.35. The van der Waals surface area contributed by atoms with Crippen LogP contribution in [0.5, 0.6) is 0 Å². The Labute approximate surface area is 101 Å². The van der Waals surface area contributed by atoms with Crippen molar-refractivity contribution in [1.82, 2.24) is 4.98 Å². The van der Waals surface area contributed by atoms with Crippen LogP contribution in [0.25, 0.3) is 0 Å². The molecule has 0 saturated carbocycles. The number of para-hydroxylation sites is 1. The average molecular weight is 256 g/mol. The second-order valence-electron chi connectivity index (χ2n) is 3.29. The normalized spacial score (nSPS) is 10.3. The van der Waals surface area contributed by atoms with Crippen LogP contribution in [-0.4, -0.2) is 4.98 Å². The topological polar surface area (TPSA) is 50.9 Å². The van der Waals surface area contributed by atoms with Gasteiger partial charge in [0, 0.05) is 0 Å². The third kappa shape index (κ3) is 2.45. The lowest BCUT2D eigenvalue weighted by Gasteiger charge is -2.10. The highest BCUT2D eigenvalue weighted by Gasteiger charge is 2.11. The molecule has 1 heterocycles. The first-order chi connectivity index (χ1) is 8.08. The highest BCUT2D eigenvalue weighted by molar-refractivity contribution is 6.29. The molecule has 3 N–H and O–H groups in total. The van der Waals surface area contributed by atoms with E-state index in [-0.39, 0.29) is 22.3 Å². The fourth-order valence-corrected chi connectivity index (χ4v) is 1.43. The fraction of sp³-hybridized carbons (Fsp3) is 0. The minimum absolute atomic E-state index is 0.113. The number of hydrogen-bond donors (Lipinski definition) is 2. The van der Waals surface area contributed by atoms with Gasteiger partial charge in [-0.3, -0.25) is 0 Å². The summed E-state index contributed by atoms with van der Waals surface area (Å²) in [7, 11) is 0. The van der Waals surface area contributed by atoms with E-state index in [1.807, 2.05) is 0 Å². The van der Waals surface area contributed by atoms with Crippen LogP contribution in [0.1, 0.15) is 0 Å². The molecule has 0 saturated heterocycles. The number of pyridine rings is 1. The molecule has 2 rings (SSSR count). The van der Waals surface area contributed by atoms with Gasteiger partial charge in [-0.2, -0.15) is 0 Å². The molecular weight excluding hydrogens is 248 g/mol. The van der Waals surface area contributed by atoms with Crippen LogP contribution in [0.2, 0.25) is 5.15 Å². The van der Waals surface area contributed by atoms with E-state index < -0.39 is 11.6 Å². The molecule has 0 fully saturated rings. The number of rotatable bonds is 2. The molecule has 88 valence electrons. The Morgan fingerprint density at radius 2 is 1.76 bits per heavy atom. The average Bonchev–Trinajstić information content (AvgIpc) is 2.28. The molecule has 17 heavy (non-hydrogen) atoms. The molecule has 0 aliphatic carbocycles. The van der Waals surface area contributed by atoms with Crippen molar-refractivity contribution in [3.63, 3.8) is 0 Å². The summed E-state index contributed by atoms with van der Waals surface area (Å²) in [6.45, 7) is 0. The quantitative estimate of drug-likeness (QED) is 0.809. The molecule has 0 aliphatic heterocycles. The summed E-state index contributed by atoms with van der Waals surface area (Å²) in [5.41, 5.74) is 5.55. The third-order valence-corrected chi connectivity index (χ3v) is 2.31. The van der Waals surface area contributed by atoms with Gasteiger partial charge in [-0.15, -0.1) is 0 Å². The molecule has 1 aromatic carbocycles. The molecule has 0 amide bonds. The lowest BCUT2D eigenvalue weighted by Crippen LogP contribution is -2.02. The number of aromatic nitrogens is 1. The van der Waals surface area contributed by atoms with Crippen molar-refractivity contribution in [1.29, 1.82) is 0 Å². The Morgan fingerprint density at radius 3 is 2.41 bits per heavy atom. The van der Waals surface area contributed by atoms with Gasteiger partial charge in [-0.05, 0) is 24.3 Å². The minimum atomic E-state index is -0.730. The van der Waals surface area contributed by atoms with E-state index in [0.29, 0.717) is 0 Å². The van der Waals surface area contributed by atoms with E-state index in [1.165, 1.54) is 18.2 Å². The van der Waals surface area contributed by atoms with Gasteiger partial charge >= 0.3 is 0 Å². The number of hydrogen-bond acceptors (Lipinski definition) is 3. The highest BCUT2D eigenvalue weighted by atomic mass is 35.5. The smallest absolute Gasteiger partial charge is 0.155 e. The summed E-state index contributed by atoms with van der Waals surface area (Å²) in [5, 5.41) is 2.66. The maximum Gasteiger partial charge on any atom is 0.155 e. The monoisotopic (exact) mass is 255 g/mol. The second-order valence-corrected chi connectivity index (χ2v) is 3.68. The Kier molecular flexibility index (Phi) is 3.10. The van der Waals surface area contributed by atoms with Gasteiger partial charge in [0.05, 0.1) is 5.69 Å². The van der Waals surface area contributed by atoms with Crippen molar-refractivity contribution < 1.29 is 8.78 Å². The highest BCUT2D eigenvalue weighted by Crippen LogP contribution is 2.26. The number of nitrogen functional groups attached to an aromatic ring is 1. The SMILES string of the molecule is Nc1ccc(Cl)nc1Nc1c(F)cccc1F. The number of nitrogens with zero attached hydrogens (tertiary/aromatic N) is 1. The molecule has 0 atom stereocenters. The largest absolute Gasteiger partial charge is 0.396 e. The molecule has 0 aliphatic rings. The lowest BCUT2D eigenvalue weighted by molar-refractivity contribution is 0.590. The van der Waals surface area contributed by atoms with Crippen molar-refractivity contribution >= 4 is 28.8 Å². The summed E-state index contributed by atoms with van der Waals surface area (Å²) >= 11 is 5.67. The zero-order valence-corrected chi connectivity index (χ0v) is 9.30. The molecule has 0 bridgehead atoms. The maximum absolute atomic E-state index is 13.4. The summed E-state index contributed by atoms with van der Waals surface area (Å²) < 4.78 is 26.7. The van der Waals surface area contributed by atoms with Crippen LogP contribution in [-0.2, 0) is 0 Å². The van der Waals surface area contributed by atoms with Crippen molar-refractivity contribution in [2.75, 3.05) is 11.1 Å². The number of anilines is 3. The van der Waals surface area contributed by atoms with Crippen LogP contribution >= 0.6 is 11.6 Å². The third-order valence-electron chi connectivity index (χ3n) is 2.10. The molecule has 0 unspecified atom stereocenters. The van der Waals surface area contributed by atoms with Gasteiger partial charge in [0.1, 0.15) is 22.5 Å². The molecule has 6 heteroatoms. The van der Waals surface area contributed by atoms with Crippen LogP contribution in [0.3, 0.4) is 0 Å². The number of nitrogens with two attached hydrogens (primary N) is 1. The molecule has 0 radical (unpaired) electrons. The van der Waals surface area contributed by atoms with Crippen LogP contribution in [0.15, 0.2) is 30.3 Å². The molecular formula is C11H8ClF2N3. The first-order valence-corrected chi connectivity index (χ1v) is 5.09. The predicted octanol–water partition coefficient (Wildman–Crippen LogP) is 3.34. The van der Waals surface area contributed by atoms with Crippen molar-refractivity contribution in [3.05, 3.63) is 47.1 Å².